The van der Waals surface area contributed by atoms with E-state index >= 15 is 0 Å². The van der Waals surface area contributed by atoms with Gasteiger partial charge >= 0.3 is 17.9 Å². The van der Waals surface area contributed by atoms with Gasteiger partial charge in [-0.25, -0.2) is 8.42 Å². The van der Waals surface area contributed by atoms with Gasteiger partial charge in [-0.2, -0.15) is 8.42 Å². The average molecular weight is 815 g/mol. The molecule has 0 saturated carbocycles. The summed E-state index contributed by atoms with van der Waals surface area (Å²) in [7, 11) is -2.66. The molecule has 0 saturated heterocycles. The molecule has 14 heteroatoms. The number of aliphatic carboxylic acids is 3. The first kappa shape index (κ1) is 42.6. The summed E-state index contributed by atoms with van der Waals surface area (Å²) < 4.78 is 53.0. The van der Waals surface area contributed by atoms with Crippen LogP contribution in [0.15, 0.2) is 161 Å². The van der Waals surface area contributed by atoms with Crippen LogP contribution in [-0.2, 0) is 52.8 Å². The molecule has 0 aliphatic rings. The second kappa shape index (κ2) is 19.5. The van der Waals surface area contributed by atoms with Crippen LogP contribution >= 0.6 is 10.7 Å². The van der Waals surface area contributed by atoms with E-state index in [4.69, 9.17) is 30.6 Å². The predicted octanol–water partition coefficient (Wildman–Crippen LogP) is 8.12. The minimum atomic E-state index is -4.19. The van der Waals surface area contributed by atoms with Crippen LogP contribution in [0.3, 0.4) is 0 Å². The molecule has 0 aliphatic heterocycles. The van der Waals surface area contributed by atoms with Crippen molar-refractivity contribution in [2.75, 3.05) is 0 Å². The number of benzene rings is 6. The second-order valence-electron chi connectivity index (χ2n) is 12.1. The van der Waals surface area contributed by atoms with E-state index in [0.717, 1.165) is 38.9 Å². The predicted molar refractivity (Wildman–Crippen MR) is 213 cm³/mol. The molecule has 0 aromatic heterocycles. The summed E-state index contributed by atoms with van der Waals surface area (Å²) >= 11 is 0. The maximum absolute atomic E-state index is 11.1. The maximum atomic E-state index is 11.1. The van der Waals surface area contributed by atoms with Gasteiger partial charge < -0.3 is 15.3 Å². The Labute approximate surface area is 328 Å². The lowest BCUT2D eigenvalue weighted by molar-refractivity contribution is -0.137. The highest BCUT2D eigenvalue weighted by Gasteiger charge is 2.11. The fraction of sp³-hybridized carbons (Fsp3) is 0.0714. The zero-order chi connectivity index (χ0) is 40.9. The molecule has 6 aromatic rings. The summed E-state index contributed by atoms with van der Waals surface area (Å²) in [4.78, 5) is 31.6. The second-order valence-corrected chi connectivity index (χ2v) is 16.1. The Bertz CT molecular complexity index is 2340. The van der Waals surface area contributed by atoms with Crippen molar-refractivity contribution in [2.45, 2.75) is 29.1 Å². The van der Waals surface area contributed by atoms with Crippen LogP contribution < -0.4 is 0 Å². The Kier molecular flexibility index (Phi) is 14.8. The van der Waals surface area contributed by atoms with Crippen molar-refractivity contribution >= 4 is 47.8 Å². The lowest BCUT2D eigenvalue weighted by Crippen LogP contribution is -1.99. The van der Waals surface area contributed by atoms with Crippen molar-refractivity contribution in [3.05, 3.63) is 168 Å². The van der Waals surface area contributed by atoms with Gasteiger partial charge in [0, 0.05) is 10.7 Å². The average Bonchev–Trinajstić information content (AvgIpc) is 3.15. The number of carboxylic acids is 3. The third kappa shape index (κ3) is 13.6. The maximum Gasteiger partial charge on any atom is 0.307 e. The van der Waals surface area contributed by atoms with Gasteiger partial charge in [0.25, 0.3) is 19.2 Å². The van der Waals surface area contributed by atoms with Crippen molar-refractivity contribution in [3.63, 3.8) is 0 Å². The highest BCUT2D eigenvalue weighted by Crippen LogP contribution is 2.24. The smallest absolute Gasteiger partial charge is 0.307 e. The van der Waals surface area contributed by atoms with Crippen LogP contribution in [0.25, 0.3) is 33.4 Å². The highest BCUT2D eigenvalue weighted by atomic mass is 35.7. The first-order valence-corrected chi connectivity index (χ1v) is 20.3. The molecule has 6 aromatic carbocycles. The quantitative estimate of drug-likeness (QED) is 0.0727. The van der Waals surface area contributed by atoms with Crippen LogP contribution in [0.1, 0.15) is 16.7 Å². The molecule has 0 spiro atoms. The molecule has 0 heterocycles. The molecule has 56 heavy (non-hydrogen) atoms. The lowest BCUT2D eigenvalue weighted by atomic mass is 10.0. The van der Waals surface area contributed by atoms with E-state index in [-0.39, 0.29) is 29.1 Å². The Morgan fingerprint density at radius 1 is 0.393 bits per heavy atom. The van der Waals surface area contributed by atoms with Crippen LogP contribution in [0.4, 0.5) is 0 Å². The normalized spacial score (nSPS) is 10.9. The molecule has 0 bridgehead atoms. The molecular weight excluding hydrogens is 780 g/mol. The number of rotatable bonds is 11. The van der Waals surface area contributed by atoms with Gasteiger partial charge in [0.05, 0.1) is 29.1 Å². The van der Waals surface area contributed by atoms with Crippen LogP contribution in [0.2, 0.25) is 0 Å². The number of hydrogen-bond donors (Lipinski definition) is 4. The van der Waals surface area contributed by atoms with Gasteiger partial charge in [-0.15, -0.1) is 0 Å². The highest BCUT2D eigenvalue weighted by molar-refractivity contribution is 8.13. The van der Waals surface area contributed by atoms with Crippen molar-refractivity contribution in [1.29, 1.82) is 0 Å². The molecule has 0 fully saturated rings. The monoisotopic (exact) mass is 814 g/mol. The van der Waals surface area contributed by atoms with Gasteiger partial charge in [0.2, 0.25) is 0 Å². The standard InChI is InChI=1S/C14H11ClO4S.C14H12O5S.C14H12O2/c15-20(18,19)13-7-5-12(6-8-13)11-3-1-10(2-4-11)9-14(16)17;15-14(16)9-10-1-3-11(4-2-10)12-5-7-13(8-6-12)20(17,18)19;15-14(16)10-11-6-8-13(9-7-11)12-4-2-1-3-5-12/h1-8H,9H2,(H,16,17);1-8H,9H2,(H,15,16)(H,17,18,19);1-9H,10H2,(H,15,16). The van der Waals surface area contributed by atoms with Gasteiger partial charge in [-0.1, -0.05) is 127 Å². The SMILES string of the molecule is O=C(O)Cc1ccc(-c2ccc(S(=O)(=O)Cl)cc2)cc1.O=C(O)Cc1ccc(-c2ccc(S(=O)(=O)O)cc2)cc1.O=C(O)Cc1ccc(-c2ccccc2)cc1. The lowest BCUT2D eigenvalue weighted by Gasteiger charge is -2.04. The van der Waals surface area contributed by atoms with Gasteiger partial charge in [0.1, 0.15) is 0 Å². The summed E-state index contributed by atoms with van der Waals surface area (Å²) in [5.41, 5.74) is 7.79. The number of halogens is 1. The minimum absolute atomic E-state index is 0.0241. The van der Waals surface area contributed by atoms with Crippen LogP contribution in [-0.4, -0.2) is 54.6 Å². The van der Waals surface area contributed by atoms with Gasteiger partial charge in [-0.3, -0.25) is 18.9 Å². The van der Waals surface area contributed by atoms with Crippen LogP contribution in [0, 0.1) is 0 Å². The Balaban J connectivity index is 0.000000188. The molecular formula is C42H35ClO11S2. The third-order valence-corrected chi connectivity index (χ3v) is 10.2. The van der Waals surface area contributed by atoms with Gasteiger partial charge in [-0.05, 0) is 74.3 Å². The molecule has 0 amide bonds. The zero-order valence-electron chi connectivity index (χ0n) is 29.4. The topological polar surface area (TPSA) is 200 Å². The molecule has 0 aliphatic carbocycles. The van der Waals surface area contributed by atoms with Gasteiger partial charge in [0.15, 0.2) is 0 Å². The van der Waals surface area contributed by atoms with Crippen molar-refractivity contribution < 1.29 is 51.1 Å². The minimum Gasteiger partial charge on any atom is -0.481 e. The summed E-state index contributed by atoms with van der Waals surface area (Å²) in [6, 6.07) is 43.6. The first-order valence-electron chi connectivity index (χ1n) is 16.6. The molecule has 11 nitrogen and oxygen atoms in total. The molecule has 6 rings (SSSR count). The Morgan fingerprint density at radius 3 is 0.893 bits per heavy atom. The fourth-order valence-corrected chi connectivity index (χ4v) is 6.48. The molecule has 288 valence electrons. The van der Waals surface area contributed by atoms with Crippen molar-refractivity contribution in [3.8, 4) is 33.4 Å². The van der Waals surface area contributed by atoms with E-state index in [1.807, 2.05) is 54.6 Å². The van der Waals surface area contributed by atoms with E-state index < -0.39 is 37.1 Å². The van der Waals surface area contributed by atoms with E-state index in [1.54, 1.807) is 72.8 Å². The first-order chi connectivity index (χ1) is 26.5. The molecule has 0 unspecified atom stereocenters. The van der Waals surface area contributed by atoms with E-state index in [1.165, 1.54) is 24.3 Å². The Morgan fingerprint density at radius 2 is 0.643 bits per heavy atom. The molecule has 0 atom stereocenters. The third-order valence-electron chi connectivity index (χ3n) is 7.99. The molecule has 4 N–H and O–H groups in total. The van der Waals surface area contributed by atoms with E-state index in [9.17, 15) is 31.2 Å². The van der Waals surface area contributed by atoms with Crippen molar-refractivity contribution in [1.82, 2.24) is 0 Å². The largest absolute Gasteiger partial charge is 0.481 e. The van der Waals surface area contributed by atoms with Crippen molar-refractivity contribution in [2.24, 2.45) is 0 Å². The summed E-state index contributed by atoms with van der Waals surface area (Å²) in [5.74, 6) is -2.57. The summed E-state index contributed by atoms with van der Waals surface area (Å²) in [6.07, 6.45) is 0.0146. The van der Waals surface area contributed by atoms with E-state index in [0.29, 0.717) is 11.1 Å². The number of hydrogen-bond acceptors (Lipinski definition) is 7. The summed E-state index contributed by atoms with van der Waals surface area (Å²) in [6.45, 7) is 0. The van der Waals surface area contributed by atoms with E-state index in [2.05, 4.69) is 0 Å². The zero-order valence-corrected chi connectivity index (χ0v) is 31.8. The fourth-order valence-electron chi connectivity index (χ4n) is 5.23. The number of carbonyl (C=O) groups is 3. The van der Waals surface area contributed by atoms with Crippen LogP contribution in [0.5, 0.6) is 0 Å². The summed E-state index contributed by atoms with van der Waals surface area (Å²) in [5, 5.41) is 26.0. The Hall–Kier alpha value is -6.12. The number of carboxylic acid groups (broad SMARTS) is 3. The molecule has 0 radical (unpaired) electrons.